The molecule has 0 bridgehead atoms. The predicted molar refractivity (Wildman–Crippen MR) is 84.5 cm³/mol. The number of carbonyl (C=O) groups excluding carboxylic acids is 2. The van der Waals surface area contributed by atoms with Gasteiger partial charge in [-0.2, -0.15) is 0 Å². The van der Waals surface area contributed by atoms with E-state index in [-0.39, 0.29) is 12.0 Å². The summed E-state index contributed by atoms with van der Waals surface area (Å²) in [4.78, 5) is 24.2. The second-order valence-electron chi connectivity index (χ2n) is 5.31. The molecule has 0 spiro atoms. The first-order valence-electron chi connectivity index (χ1n) is 7.30. The lowest BCUT2D eigenvalue weighted by Crippen LogP contribution is -2.43. The quantitative estimate of drug-likeness (QED) is 0.856. The minimum Gasteiger partial charge on any atom is -0.467 e. The van der Waals surface area contributed by atoms with Gasteiger partial charge in [-0.25, -0.2) is 13.6 Å². The number of aryl methyl sites for hydroxylation is 1. The molecule has 6 heteroatoms. The number of hydrogen-bond acceptors (Lipinski definition) is 3. The standard InChI is InChI=1S/C18H17F2NO3/c1-11-5-3-4-6-12(11)10-16(18(23)24-2)21-17(22)13-7-8-14(19)15(20)9-13/h3-9,16H,10H2,1-2H3,(H,21,22)/t16-/m0/s1. The lowest BCUT2D eigenvalue weighted by atomic mass is 10.0. The maximum atomic E-state index is 13.3. The molecule has 0 aliphatic carbocycles. The van der Waals surface area contributed by atoms with Crippen molar-refractivity contribution in [3.63, 3.8) is 0 Å². The molecule has 0 radical (unpaired) electrons. The van der Waals surface area contributed by atoms with E-state index >= 15 is 0 Å². The van der Waals surface area contributed by atoms with Crippen LogP contribution in [0.2, 0.25) is 0 Å². The summed E-state index contributed by atoms with van der Waals surface area (Å²) in [5, 5.41) is 2.50. The van der Waals surface area contributed by atoms with Gasteiger partial charge in [-0.1, -0.05) is 24.3 Å². The van der Waals surface area contributed by atoms with Crippen LogP contribution in [0.5, 0.6) is 0 Å². The average Bonchev–Trinajstić information content (AvgIpc) is 2.57. The third kappa shape index (κ3) is 4.16. The summed E-state index contributed by atoms with van der Waals surface area (Å²) in [7, 11) is 1.22. The van der Waals surface area contributed by atoms with Gasteiger partial charge in [0.05, 0.1) is 7.11 Å². The zero-order chi connectivity index (χ0) is 17.7. The zero-order valence-electron chi connectivity index (χ0n) is 13.3. The van der Waals surface area contributed by atoms with Gasteiger partial charge in [-0.15, -0.1) is 0 Å². The molecule has 0 aliphatic rings. The molecule has 2 rings (SSSR count). The Balaban J connectivity index is 2.19. The molecule has 1 atom stereocenters. The number of nitrogens with one attached hydrogen (secondary N) is 1. The fourth-order valence-corrected chi connectivity index (χ4v) is 2.27. The number of benzene rings is 2. The van der Waals surface area contributed by atoms with E-state index in [0.717, 1.165) is 29.3 Å². The Labute approximate surface area is 138 Å². The number of ether oxygens (including phenoxy) is 1. The molecule has 1 amide bonds. The molecule has 0 saturated heterocycles. The molecule has 0 heterocycles. The molecule has 0 aromatic heterocycles. The van der Waals surface area contributed by atoms with Gasteiger partial charge in [0, 0.05) is 12.0 Å². The summed E-state index contributed by atoms with van der Waals surface area (Å²) < 4.78 is 30.9. The lowest BCUT2D eigenvalue weighted by Gasteiger charge is -2.17. The molecule has 0 fully saturated rings. The van der Waals surface area contributed by atoms with Crippen molar-refractivity contribution in [1.29, 1.82) is 0 Å². The summed E-state index contributed by atoms with van der Waals surface area (Å²) in [6.45, 7) is 1.89. The van der Waals surface area contributed by atoms with Crippen molar-refractivity contribution in [1.82, 2.24) is 5.32 Å². The minimum absolute atomic E-state index is 0.0763. The highest BCUT2D eigenvalue weighted by atomic mass is 19.2. The third-order valence-electron chi connectivity index (χ3n) is 3.66. The number of halogens is 2. The number of hydrogen-bond donors (Lipinski definition) is 1. The van der Waals surface area contributed by atoms with Gasteiger partial charge >= 0.3 is 5.97 Å². The molecule has 2 aromatic rings. The Bertz CT molecular complexity index is 762. The molecule has 24 heavy (non-hydrogen) atoms. The van der Waals surface area contributed by atoms with E-state index in [1.165, 1.54) is 7.11 Å². The Morgan fingerprint density at radius 1 is 1.12 bits per heavy atom. The van der Waals surface area contributed by atoms with Gasteiger partial charge in [-0.05, 0) is 36.2 Å². The van der Waals surface area contributed by atoms with Crippen LogP contribution in [-0.2, 0) is 16.0 Å². The Kier molecular flexibility index (Phi) is 5.63. The van der Waals surface area contributed by atoms with E-state index in [9.17, 15) is 18.4 Å². The van der Waals surface area contributed by atoms with Crippen molar-refractivity contribution in [3.8, 4) is 0 Å². The maximum absolute atomic E-state index is 13.3. The molecule has 0 unspecified atom stereocenters. The molecule has 1 N–H and O–H groups in total. The average molecular weight is 333 g/mol. The Morgan fingerprint density at radius 3 is 2.46 bits per heavy atom. The van der Waals surface area contributed by atoms with Gasteiger partial charge in [0.25, 0.3) is 5.91 Å². The van der Waals surface area contributed by atoms with Crippen LogP contribution in [0.4, 0.5) is 8.78 Å². The number of esters is 1. The maximum Gasteiger partial charge on any atom is 0.328 e. The van der Waals surface area contributed by atoms with Crippen LogP contribution in [0.15, 0.2) is 42.5 Å². The largest absolute Gasteiger partial charge is 0.467 e. The van der Waals surface area contributed by atoms with Crippen molar-refractivity contribution in [2.24, 2.45) is 0 Å². The third-order valence-corrected chi connectivity index (χ3v) is 3.66. The van der Waals surface area contributed by atoms with Gasteiger partial charge < -0.3 is 10.1 Å². The van der Waals surface area contributed by atoms with Crippen LogP contribution in [0.3, 0.4) is 0 Å². The summed E-state index contributed by atoms with van der Waals surface area (Å²) in [5.41, 5.74) is 1.76. The molecule has 2 aromatic carbocycles. The summed E-state index contributed by atoms with van der Waals surface area (Å²) >= 11 is 0. The summed E-state index contributed by atoms with van der Waals surface area (Å²) in [6.07, 6.45) is 0.231. The van der Waals surface area contributed by atoms with Crippen molar-refractivity contribution < 1.29 is 23.1 Å². The topological polar surface area (TPSA) is 55.4 Å². The van der Waals surface area contributed by atoms with Crippen LogP contribution in [-0.4, -0.2) is 25.0 Å². The molecular weight excluding hydrogens is 316 g/mol. The van der Waals surface area contributed by atoms with Gasteiger partial charge in [0.1, 0.15) is 6.04 Å². The molecule has 0 saturated carbocycles. The second-order valence-corrected chi connectivity index (χ2v) is 5.31. The van der Waals surface area contributed by atoms with Crippen molar-refractivity contribution in [2.45, 2.75) is 19.4 Å². The summed E-state index contributed by atoms with van der Waals surface area (Å²) in [6, 6.07) is 9.29. The minimum atomic E-state index is -1.13. The van der Waals surface area contributed by atoms with Gasteiger partial charge in [0.15, 0.2) is 11.6 Å². The predicted octanol–water partition coefficient (Wildman–Crippen LogP) is 2.79. The SMILES string of the molecule is COC(=O)[C@H](Cc1ccccc1C)NC(=O)c1ccc(F)c(F)c1. The van der Waals surface area contributed by atoms with Crippen LogP contribution in [0, 0.1) is 18.6 Å². The molecule has 126 valence electrons. The van der Waals surface area contributed by atoms with Gasteiger partial charge in [-0.3, -0.25) is 4.79 Å². The highest BCUT2D eigenvalue weighted by molar-refractivity contribution is 5.96. The van der Waals surface area contributed by atoms with Gasteiger partial charge in [0.2, 0.25) is 0 Å². The van der Waals surface area contributed by atoms with Crippen LogP contribution in [0.25, 0.3) is 0 Å². The molecule has 4 nitrogen and oxygen atoms in total. The van der Waals surface area contributed by atoms with Crippen LogP contribution >= 0.6 is 0 Å². The Hall–Kier alpha value is -2.76. The lowest BCUT2D eigenvalue weighted by molar-refractivity contribution is -0.142. The number of carbonyl (C=O) groups is 2. The molecule has 0 aliphatic heterocycles. The highest BCUT2D eigenvalue weighted by Gasteiger charge is 2.23. The zero-order valence-corrected chi connectivity index (χ0v) is 13.3. The fraction of sp³-hybridized carbons (Fsp3) is 0.222. The monoisotopic (exact) mass is 333 g/mol. The van der Waals surface area contributed by atoms with E-state index < -0.39 is 29.6 Å². The van der Waals surface area contributed by atoms with E-state index in [2.05, 4.69) is 5.32 Å². The number of methoxy groups -OCH3 is 1. The van der Waals surface area contributed by atoms with Crippen LogP contribution in [0.1, 0.15) is 21.5 Å². The number of amides is 1. The first kappa shape index (κ1) is 17.6. The first-order valence-corrected chi connectivity index (χ1v) is 7.30. The van der Waals surface area contributed by atoms with Crippen LogP contribution < -0.4 is 5.32 Å². The fourth-order valence-electron chi connectivity index (χ4n) is 2.27. The smallest absolute Gasteiger partial charge is 0.328 e. The van der Waals surface area contributed by atoms with Crippen molar-refractivity contribution in [2.75, 3.05) is 7.11 Å². The second kappa shape index (κ2) is 7.68. The van der Waals surface area contributed by atoms with Crippen molar-refractivity contribution >= 4 is 11.9 Å². The van der Waals surface area contributed by atoms with E-state index in [1.807, 2.05) is 31.2 Å². The first-order chi connectivity index (χ1) is 11.4. The highest BCUT2D eigenvalue weighted by Crippen LogP contribution is 2.12. The number of rotatable bonds is 5. The van der Waals surface area contributed by atoms with Crippen molar-refractivity contribution in [3.05, 3.63) is 70.8 Å². The summed E-state index contributed by atoms with van der Waals surface area (Å²) in [5.74, 6) is -3.47. The van der Waals surface area contributed by atoms with E-state index in [4.69, 9.17) is 4.74 Å². The Morgan fingerprint density at radius 2 is 1.83 bits per heavy atom. The molecular formula is C18H17F2NO3. The van der Waals surface area contributed by atoms with E-state index in [1.54, 1.807) is 0 Å². The van der Waals surface area contributed by atoms with E-state index in [0.29, 0.717) is 0 Å². The normalized spacial score (nSPS) is 11.7.